The number of nitriles is 1. The molecule has 1 heterocycles. The van der Waals surface area contributed by atoms with Gasteiger partial charge in [0.2, 0.25) is 0 Å². The number of benzene rings is 1. The normalized spacial score (nSPS) is 11.2. The molecule has 7 heteroatoms. The van der Waals surface area contributed by atoms with Gasteiger partial charge in [0.15, 0.2) is 0 Å². The Labute approximate surface area is 113 Å². The monoisotopic (exact) mass is 280 g/mol. The van der Waals surface area contributed by atoms with Crippen LogP contribution in [0.25, 0.3) is 0 Å². The summed E-state index contributed by atoms with van der Waals surface area (Å²) in [5, 5.41) is 15.7. The van der Waals surface area contributed by atoms with E-state index in [9.17, 15) is 13.2 Å². The van der Waals surface area contributed by atoms with Crippen molar-refractivity contribution < 1.29 is 13.2 Å². The second-order valence-electron chi connectivity index (χ2n) is 4.25. The lowest BCUT2D eigenvalue weighted by atomic mass is 10.1. The Morgan fingerprint density at radius 1 is 1.40 bits per heavy atom. The first-order valence-electron chi connectivity index (χ1n) is 5.73. The third-order valence-electron chi connectivity index (χ3n) is 2.70. The van der Waals surface area contributed by atoms with Crippen molar-refractivity contribution in [2.24, 2.45) is 7.05 Å². The van der Waals surface area contributed by atoms with Crippen LogP contribution in [-0.4, -0.2) is 9.78 Å². The summed E-state index contributed by atoms with van der Waals surface area (Å²) in [6.45, 7) is 0.421. The van der Waals surface area contributed by atoms with Gasteiger partial charge in [0.1, 0.15) is 0 Å². The van der Waals surface area contributed by atoms with Crippen molar-refractivity contribution in [3.63, 3.8) is 0 Å². The second kappa shape index (κ2) is 5.25. The Kier molecular flexibility index (Phi) is 3.66. The Morgan fingerprint density at radius 2 is 2.15 bits per heavy atom. The molecule has 0 spiro atoms. The summed E-state index contributed by atoms with van der Waals surface area (Å²) in [7, 11) is 1.77. The van der Waals surface area contributed by atoms with Gasteiger partial charge in [-0.15, -0.1) is 0 Å². The Balaban J connectivity index is 2.16. The molecule has 0 saturated carbocycles. The average Bonchev–Trinajstić information content (AvgIpc) is 2.80. The predicted molar refractivity (Wildman–Crippen MR) is 66.7 cm³/mol. The molecule has 2 rings (SSSR count). The molecule has 0 unspecified atom stereocenters. The molecular formula is C13H11F3N4. The van der Waals surface area contributed by atoms with Crippen LogP contribution in [0.4, 0.5) is 18.9 Å². The lowest BCUT2D eigenvalue weighted by Crippen LogP contribution is -2.08. The zero-order chi connectivity index (χ0) is 14.8. The summed E-state index contributed by atoms with van der Waals surface area (Å²) in [4.78, 5) is 0. The van der Waals surface area contributed by atoms with Gasteiger partial charge in [-0.05, 0) is 18.2 Å². The van der Waals surface area contributed by atoms with Gasteiger partial charge in [-0.1, -0.05) is 0 Å². The zero-order valence-corrected chi connectivity index (χ0v) is 10.6. The summed E-state index contributed by atoms with van der Waals surface area (Å²) in [5.74, 6) is 0. The lowest BCUT2D eigenvalue weighted by Gasteiger charge is -2.11. The highest BCUT2D eigenvalue weighted by Gasteiger charge is 2.33. The number of aryl methyl sites for hydroxylation is 1. The number of alkyl halides is 3. The molecule has 2 aromatic rings. The van der Waals surface area contributed by atoms with E-state index in [0.717, 1.165) is 11.6 Å². The number of hydrogen-bond acceptors (Lipinski definition) is 3. The van der Waals surface area contributed by atoms with Gasteiger partial charge in [-0.25, -0.2) is 0 Å². The molecule has 0 bridgehead atoms. The number of anilines is 1. The average molecular weight is 280 g/mol. The summed E-state index contributed by atoms with van der Waals surface area (Å²) in [6, 6.07) is 4.97. The maximum Gasteiger partial charge on any atom is 0.417 e. The molecule has 0 aliphatic heterocycles. The van der Waals surface area contributed by atoms with E-state index in [2.05, 4.69) is 10.4 Å². The van der Waals surface area contributed by atoms with E-state index in [1.807, 2.05) is 0 Å². The summed E-state index contributed by atoms with van der Waals surface area (Å²) >= 11 is 0. The SMILES string of the molecule is Cn1cc(CNc2ccc(C(F)(F)F)c(C#N)c2)cn1. The molecule has 0 amide bonds. The number of rotatable bonds is 3. The molecule has 0 radical (unpaired) electrons. The van der Waals surface area contributed by atoms with Crippen molar-refractivity contribution >= 4 is 5.69 Å². The molecule has 0 atom stereocenters. The molecule has 0 aliphatic rings. The minimum Gasteiger partial charge on any atom is -0.381 e. The maximum atomic E-state index is 12.6. The molecule has 1 N–H and O–H groups in total. The summed E-state index contributed by atoms with van der Waals surface area (Å²) < 4.78 is 39.5. The number of nitrogens with one attached hydrogen (secondary N) is 1. The van der Waals surface area contributed by atoms with Crippen LogP contribution in [0.15, 0.2) is 30.6 Å². The van der Waals surface area contributed by atoms with Gasteiger partial charge in [-0.2, -0.15) is 23.5 Å². The summed E-state index contributed by atoms with van der Waals surface area (Å²) in [5.41, 5.74) is 0.0323. The topological polar surface area (TPSA) is 53.6 Å². The molecule has 4 nitrogen and oxygen atoms in total. The molecule has 20 heavy (non-hydrogen) atoms. The van der Waals surface area contributed by atoms with Crippen molar-refractivity contribution in [3.8, 4) is 6.07 Å². The molecule has 1 aromatic carbocycles. The van der Waals surface area contributed by atoms with Crippen LogP contribution in [0.1, 0.15) is 16.7 Å². The number of halogens is 3. The fourth-order valence-electron chi connectivity index (χ4n) is 1.76. The van der Waals surface area contributed by atoms with E-state index >= 15 is 0 Å². The van der Waals surface area contributed by atoms with Gasteiger partial charge < -0.3 is 5.32 Å². The van der Waals surface area contributed by atoms with Crippen molar-refractivity contribution in [3.05, 3.63) is 47.3 Å². The summed E-state index contributed by atoms with van der Waals surface area (Å²) in [6.07, 6.45) is -1.07. The van der Waals surface area contributed by atoms with Crippen molar-refractivity contribution in [1.29, 1.82) is 5.26 Å². The number of nitrogens with zero attached hydrogens (tertiary/aromatic N) is 3. The minimum absolute atomic E-state index is 0.395. The fourth-order valence-corrected chi connectivity index (χ4v) is 1.76. The van der Waals surface area contributed by atoms with E-state index < -0.39 is 17.3 Å². The quantitative estimate of drug-likeness (QED) is 0.940. The van der Waals surface area contributed by atoms with Crippen molar-refractivity contribution in [2.75, 3.05) is 5.32 Å². The standard InChI is InChI=1S/C13H11F3N4/c1-20-8-9(7-19-20)6-18-11-2-3-12(13(14,15)16)10(4-11)5-17/h2-4,7-8,18H,6H2,1H3. The van der Waals surface area contributed by atoms with Crippen LogP contribution in [-0.2, 0) is 19.8 Å². The van der Waals surface area contributed by atoms with Crippen molar-refractivity contribution in [1.82, 2.24) is 9.78 Å². The first-order chi connectivity index (χ1) is 9.40. The molecule has 1 aromatic heterocycles. The van der Waals surface area contributed by atoms with E-state index in [0.29, 0.717) is 12.2 Å². The lowest BCUT2D eigenvalue weighted by molar-refractivity contribution is -0.137. The molecule has 104 valence electrons. The third kappa shape index (κ3) is 3.09. The number of aromatic nitrogens is 2. The van der Waals surface area contributed by atoms with E-state index in [1.54, 1.807) is 30.2 Å². The first-order valence-corrected chi connectivity index (χ1v) is 5.73. The zero-order valence-electron chi connectivity index (χ0n) is 10.6. The van der Waals surface area contributed by atoms with Crippen LogP contribution >= 0.6 is 0 Å². The van der Waals surface area contributed by atoms with Gasteiger partial charge in [0.05, 0.1) is 23.4 Å². The minimum atomic E-state index is -4.52. The largest absolute Gasteiger partial charge is 0.417 e. The van der Waals surface area contributed by atoms with Gasteiger partial charge in [0, 0.05) is 31.0 Å². The van der Waals surface area contributed by atoms with Crippen LogP contribution < -0.4 is 5.32 Å². The van der Waals surface area contributed by atoms with Gasteiger partial charge >= 0.3 is 6.18 Å². The Hall–Kier alpha value is -2.49. The highest BCUT2D eigenvalue weighted by Crippen LogP contribution is 2.33. The van der Waals surface area contributed by atoms with E-state index in [4.69, 9.17) is 5.26 Å². The van der Waals surface area contributed by atoms with Crippen LogP contribution in [0.5, 0.6) is 0 Å². The third-order valence-corrected chi connectivity index (χ3v) is 2.70. The van der Waals surface area contributed by atoms with Crippen LogP contribution in [0.3, 0.4) is 0 Å². The highest BCUT2D eigenvalue weighted by atomic mass is 19.4. The fraction of sp³-hybridized carbons (Fsp3) is 0.231. The molecular weight excluding hydrogens is 269 g/mol. The number of hydrogen-bond donors (Lipinski definition) is 1. The van der Waals surface area contributed by atoms with E-state index in [-0.39, 0.29) is 0 Å². The van der Waals surface area contributed by atoms with Crippen molar-refractivity contribution in [2.45, 2.75) is 12.7 Å². The predicted octanol–water partition coefficient (Wildman–Crippen LogP) is 2.92. The Bertz CT molecular complexity index is 652. The van der Waals surface area contributed by atoms with E-state index in [1.165, 1.54) is 12.1 Å². The smallest absolute Gasteiger partial charge is 0.381 e. The first kappa shape index (κ1) is 13.9. The van der Waals surface area contributed by atoms with Gasteiger partial charge in [-0.3, -0.25) is 4.68 Å². The molecule has 0 saturated heterocycles. The highest BCUT2D eigenvalue weighted by molar-refractivity contribution is 5.53. The Morgan fingerprint density at radius 3 is 2.70 bits per heavy atom. The molecule has 0 aliphatic carbocycles. The van der Waals surface area contributed by atoms with Gasteiger partial charge in [0.25, 0.3) is 0 Å². The maximum absolute atomic E-state index is 12.6. The van der Waals surface area contributed by atoms with Crippen LogP contribution in [0.2, 0.25) is 0 Å². The van der Waals surface area contributed by atoms with Crippen LogP contribution in [0, 0.1) is 11.3 Å². The second-order valence-corrected chi connectivity index (χ2v) is 4.25. The molecule has 0 fully saturated rings.